The second kappa shape index (κ2) is 9.28. The van der Waals surface area contributed by atoms with E-state index in [1.165, 1.54) is 12.1 Å². The van der Waals surface area contributed by atoms with Crippen LogP contribution < -0.4 is 4.90 Å². The zero-order valence-electron chi connectivity index (χ0n) is 17.9. The summed E-state index contributed by atoms with van der Waals surface area (Å²) >= 11 is 0. The molecule has 1 aliphatic heterocycles. The van der Waals surface area contributed by atoms with Crippen molar-refractivity contribution >= 4 is 17.6 Å². The van der Waals surface area contributed by atoms with E-state index in [4.69, 9.17) is 4.74 Å². The number of halogens is 1. The number of piperidine rings is 1. The minimum absolute atomic E-state index is 0.0900. The highest BCUT2D eigenvalue weighted by molar-refractivity contribution is 5.95. The molecule has 1 fully saturated rings. The number of carbonyl (C=O) groups excluding carboxylic acids is 2. The standard InChI is InChI=1S/C24H29FN2O3/c1-4-30-23(29)24(16-18-6-10-20(25)11-7-18)14-5-15-27(17-24)22(28)19-8-12-21(13-9-19)26(2)3/h6-13H,4-5,14-17H2,1-3H3. The number of carbonyl (C=O) groups is 2. The van der Waals surface area contributed by atoms with Crippen LogP contribution in [0, 0.1) is 11.2 Å². The summed E-state index contributed by atoms with van der Waals surface area (Å²) in [7, 11) is 3.90. The fraction of sp³-hybridized carbons (Fsp3) is 0.417. The van der Waals surface area contributed by atoms with E-state index in [0.29, 0.717) is 31.4 Å². The van der Waals surface area contributed by atoms with Gasteiger partial charge >= 0.3 is 5.97 Å². The third-order valence-electron chi connectivity index (χ3n) is 5.66. The van der Waals surface area contributed by atoms with Gasteiger partial charge in [-0.1, -0.05) is 12.1 Å². The number of amides is 1. The average Bonchev–Trinajstić information content (AvgIpc) is 2.75. The van der Waals surface area contributed by atoms with Crippen LogP contribution in [0.15, 0.2) is 48.5 Å². The van der Waals surface area contributed by atoms with Crippen molar-refractivity contribution in [1.29, 1.82) is 0 Å². The highest BCUT2D eigenvalue weighted by Crippen LogP contribution is 2.36. The highest BCUT2D eigenvalue weighted by Gasteiger charge is 2.44. The number of hydrogen-bond acceptors (Lipinski definition) is 4. The predicted octanol–water partition coefficient (Wildman–Crippen LogP) is 3.92. The molecule has 2 aromatic carbocycles. The Hall–Kier alpha value is -2.89. The number of esters is 1. The van der Waals surface area contributed by atoms with Gasteiger partial charge in [-0.3, -0.25) is 9.59 Å². The zero-order chi connectivity index (χ0) is 21.7. The van der Waals surface area contributed by atoms with Crippen LogP contribution in [0.25, 0.3) is 0 Å². The van der Waals surface area contributed by atoms with Gasteiger partial charge in [0.2, 0.25) is 0 Å². The quantitative estimate of drug-likeness (QED) is 0.675. The molecule has 3 rings (SSSR count). The molecule has 0 saturated carbocycles. The summed E-state index contributed by atoms with van der Waals surface area (Å²) < 4.78 is 18.7. The molecule has 1 amide bonds. The van der Waals surface area contributed by atoms with Gasteiger partial charge in [-0.05, 0) is 68.1 Å². The molecular formula is C24H29FN2O3. The molecule has 0 aromatic heterocycles. The van der Waals surface area contributed by atoms with Crippen LogP contribution >= 0.6 is 0 Å². The maximum atomic E-state index is 13.3. The summed E-state index contributed by atoms with van der Waals surface area (Å²) in [6.07, 6.45) is 1.75. The number of nitrogens with zero attached hydrogens (tertiary/aromatic N) is 2. The highest BCUT2D eigenvalue weighted by atomic mass is 19.1. The molecule has 6 heteroatoms. The van der Waals surface area contributed by atoms with Crippen molar-refractivity contribution in [3.8, 4) is 0 Å². The molecule has 1 unspecified atom stereocenters. The Balaban J connectivity index is 1.84. The van der Waals surface area contributed by atoms with Gasteiger partial charge in [0.25, 0.3) is 5.91 Å². The van der Waals surface area contributed by atoms with Crippen LogP contribution in [-0.2, 0) is 16.0 Å². The van der Waals surface area contributed by atoms with Crippen molar-refractivity contribution in [3.05, 3.63) is 65.5 Å². The lowest BCUT2D eigenvalue weighted by Gasteiger charge is -2.41. The summed E-state index contributed by atoms with van der Waals surface area (Å²) in [4.78, 5) is 29.9. The van der Waals surface area contributed by atoms with Crippen molar-refractivity contribution in [3.63, 3.8) is 0 Å². The van der Waals surface area contributed by atoms with Crippen LogP contribution in [0.4, 0.5) is 10.1 Å². The predicted molar refractivity (Wildman–Crippen MR) is 115 cm³/mol. The first-order valence-electron chi connectivity index (χ1n) is 10.3. The van der Waals surface area contributed by atoms with Crippen molar-refractivity contribution in [2.75, 3.05) is 38.7 Å². The van der Waals surface area contributed by atoms with Crippen molar-refractivity contribution in [2.45, 2.75) is 26.2 Å². The van der Waals surface area contributed by atoms with Crippen molar-refractivity contribution < 1.29 is 18.7 Å². The minimum atomic E-state index is -0.828. The number of hydrogen-bond donors (Lipinski definition) is 0. The fourth-order valence-electron chi connectivity index (χ4n) is 4.05. The summed E-state index contributed by atoms with van der Waals surface area (Å²) in [6, 6.07) is 13.6. The monoisotopic (exact) mass is 412 g/mol. The first-order chi connectivity index (χ1) is 14.3. The Morgan fingerprint density at radius 1 is 1.10 bits per heavy atom. The van der Waals surface area contributed by atoms with Gasteiger partial charge in [0, 0.05) is 38.4 Å². The third kappa shape index (κ3) is 4.81. The topological polar surface area (TPSA) is 49.9 Å². The van der Waals surface area contributed by atoms with Gasteiger partial charge < -0.3 is 14.5 Å². The van der Waals surface area contributed by atoms with E-state index in [1.54, 1.807) is 24.0 Å². The molecule has 1 saturated heterocycles. The summed E-state index contributed by atoms with van der Waals surface area (Å²) in [5.74, 6) is -0.701. The minimum Gasteiger partial charge on any atom is -0.466 e. The third-order valence-corrected chi connectivity index (χ3v) is 5.66. The number of likely N-dealkylation sites (tertiary alicyclic amines) is 1. The lowest BCUT2D eigenvalue weighted by Crippen LogP contribution is -2.51. The van der Waals surface area contributed by atoms with Crippen LogP contribution in [0.1, 0.15) is 35.7 Å². The fourth-order valence-corrected chi connectivity index (χ4v) is 4.05. The van der Waals surface area contributed by atoms with E-state index < -0.39 is 5.41 Å². The normalized spacial score (nSPS) is 18.7. The largest absolute Gasteiger partial charge is 0.466 e. The molecule has 5 nitrogen and oxygen atoms in total. The molecule has 0 N–H and O–H groups in total. The van der Waals surface area contributed by atoms with Crippen LogP contribution in [0.5, 0.6) is 0 Å². The molecule has 1 heterocycles. The molecule has 160 valence electrons. The van der Waals surface area contributed by atoms with Crippen molar-refractivity contribution in [2.24, 2.45) is 5.41 Å². The first-order valence-corrected chi connectivity index (χ1v) is 10.3. The van der Waals surface area contributed by atoms with E-state index in [-0.39, 0.29) is 30.8 Å². The Kier molecular flexibility index (Phi) is 6.75. The second-order valence-corrected chi connectivity index (χ2v) is 8.08. The Morgan fingerprint density at radius 3 is 2.37 bits per heavy atom. The lowest BCUT2D eigenvalue weighted by atomic mass is 9.75. The molecule has 30 heavy (non-hydrogen) atoms. The summed E-state index contributed by atoms with van der Waals surface area (Å²) in [5.41, 5.74) is 1.64. The average molecular weight is 413 g/mol. The van der Waals surface area contributed by atoms with E-state index in [2.05, 4.69) is 0 Å². The van der Waals surface area contributed by atoms with Crippen LogP contribution in [-0.4, -0.2) is 50.6 Å². The Labute approximate surface area is 177 Å². The van der Waals surface area contributed by atoms with Gasteiger partial charge in [0.15, 0.2) is 0 Å². The molecule has 0 bridgehead atoms. The van der Waals surface area contributed by atoms with E-state index in [1.807, 2.05) is 43.3 Å². The number of benzene rings is 2. The molecule has 1 aliphatic rings. The molecular weight excluding hydrogens is 383 g/mol. The molecule has 0 aliphatic carbocycles. The van der Waals surface area contributed by atoms with Gasteiger partial charge in [0.05, 0.1) is 12.0 Å². The molecule has 0 spiro atoms. The van der Waals surface area contributed by atoms with Gasteiger partial charge in [-0.15, -0.1) is 0 Å². The van der Waals surface area contributed by atoms with Crippen molar-refractivity contribution in [1.82, 2.24) is 4.90 Å². The summed E-state index contributed by atoms with van der Waals surface area (Å²) in [5, 5.41) is 0. The maximum absolute atomic E-state index is 13.3. The number of rotatable bonds is 6. The van der Waals surface area contributed by atoms with E-state index >= 15 is 0 Å². The molecule has 1 atom stereocenters. The number of ether oxygens (including phenoxy) is 1. The molecule has 2 aromatic rings. The van der Waals surface area contributed by atoms with Gasteiger partial charge in [-0.2, -0.15) is 0 Å². The smallest absolute Gasteiger partial charge is 0.314 e. The van der Waals surface area contributed by atoms with Gasteiger partial charge in [0.1, 0.15) is 5.82 Å². The lowest BCUT2D eigenvalue weighted by molar-refractivity contribution is -0.158. The second-order valence-electron chi connectivity index (χ2n) is 8.08. The zero-order valence-corrected chi connectivity index (χ0v) is 17.9. The van der Waals surface area contributed by atoms with Crippen LogP contribution in [0.3, 0.4) is 0 Å². The number of anilines is 1. The van der Waals surface area contributed by atoms with Crippen LogP contribution in [0.2, 0.25) is 0 Å². The first kappa shape index (κ1) is 21.8. The maximum Gasteiger partial charge on any atom is 0.314 e. The molecule has 0 radical (unpaired) electrons. The Bertz CT molecular complexity index is 880. The SMILES string of the molecule is CCOC(=O)C1(Cc2ccc(F)cc2)CCCN(C(=O)c2ccc(N(C)C)cc2)C1. The van der Waals surface area contributed by atoms with E-state index in [9.17, 15) is 14.0 Å². The van der Waals surface area contributed by atoms with Gasteiger partial charge in [-0.25, -0.2) is 4.39 Å². The Morgan fingerprint density at radius 2 is 1.77 bits per heavy atom. The van der Waals surface area contributed by atoms with E-state index in [0.717, 1.165) is 11.3 Å². The summed E-state index contributed by atoms with van der Waals surface area (Å²) in [6.45, 7) is 2.95.